The molecule has 5 N–H and O–H groups in total. The normalized spacial score (nSPS) is 56.1. The number of fused-ring (bicyclic) bond motifs is 4. The number of hydrogen-bond acceptors (Lipinski definition) is 9. The lowest BCUT2D eigenvalue weighted by atomic mass is 9.42. The molecule has 0 aromatic heterocycles. The molecule has 9 heteroatoms. The van der Waals surface area contributed by atoms with E-state index in [2.05, 4.69) is 0 Å². The van der Waals surface area contributed by atoms with Gasteiger partial charge in [0.1, 0.15) is 34.6 Å². The van der Waals surface area contributed by atoms with Crippen LogP contribution < -0.4 is 0 Å². The van der Waals surface area contributed by atoms with Gasteiger partial charge in [0.25, 0.3) is 0 Å². The first kappa shape index (κ1) is 25.6. The minimum absolute atomic E-state index is 0.177. The van der Waals surface area contributed by atoms with Crippen LogP contribution in [0.25, 0.3) is 0 Å². The van der Waals surface area contributed by atoms with Crippen molar-refractivity contribution < 1.29 is 44.6 Å². The predicted octanol–water partition coefficient (Wildman–Crippen LogP) is 0.696. The maximum absolute atomic E-state index is 13.4. The number of epoxide rings is 1. The first-order chi connectivity index (χ1) is 17.0. The summed E-state index contributed by atoms with van der Waals surface area (Å²) in [5, 5.41) is 59.1. The Hall–Kier alpha value is -1.62. The fourth-order valence-electron chi connectivity index (χ4n) is 9.46. The first-order valence-corrected chi connectivity index (χ1v) is 13.3. The highest BCUT2D eigenvalue weighted by Crippen LogP contribution is 2.75. The number of carbonyl (C=O) groups is 2. The molecule has 9 nitrogen and oxygen atoms in total. The van der Waals surface area contributed by atoms with E-state index in [1.54, 1.807) is 27.7 Å². The molecule has 2 heterocycles. The second-order valence-corrected chi connectivity index (χ2v) is 13.1. The zero-order valence-electron chi connectivity index (χ0n) is 22.0. The molecule has 3 saturated carbocycles. The van der Waals surface area contributed by atoms with Gasteiger partial charge in [0.05, 0.1) is 17.6 Å². The van der Waals surface area contributed by atoms with Crippen molar-refractivity contribution in [1.82, 2.24) is 0 Å². The molecule has 0 aromatic rings. The molecule has 2 aliphatic heterocycles. The summed E-state index contributed by atoms with van der Waals surface area (Å²) in [7, 11) is 0. The van der Waals surface area contributed by atoms with Gasteiger partial charge in [-0.15, -0.1) is 0 Å². The molecule has 0 bridgehead atoms. The molecule has 0 unspecified atom stereocenters. The molecule has 6 aliphatic rings. The van der Waals surface area contributed by atoms with E-state index in [9.17, 15) is 35.1 Å². The molecule has 0 radical (unpaired) electrons. The number of cyclic esters (lactones) is 1. The first-order valence-electron chi connectivity index (χ1n) is 13.3. The van der Waals surface area contributed by atoms with Gasteiger partial charge in [-0.2, -0.15) is 0 Å². The summed E-state index contributed by atoms with van der Waals surface area (Å²) in [5.41, 5.74) is -8.19. The van der Waals surface area contributed by atoms with Crippen molar-refractivity contribution in [3.8, 4) is 0 Å². The second-order valence-electron chi connectivity index (χ2n) is 13.1. The minimum Gasteiger partial charge on any atom is -0.455 e. The van der Waals surface area contributed by atoms with Gasteiger partial charge < -0.3 is 35.0 Å². The molecular weight excluding hydrogens is 480 g/mol. The van der Waals surface area contributed by atoms with E-state index in [1.807, 2.05) is 0 Å². The quantitative estimate of drug-likeness (QED) is 0.262. The van der Waals surface area contributed by atoms with E-state index in [0.717, 1.165) is 5.57 Å². The van der Waals surface area contributed by atoms with Gasteiger partial charge in [-0.1, -0.05) is 12.5 Å². The fourth-order valence-corrected chi connectivity index (χ4v) is 9.46. The van der Waals surface area contributed by atoms with Crippen LogP contribution in [-0.2, 0) is 19.1 Å². The van der Waals surface area contributed by atoms with Gasteiger partial charge in [-0.05, 0) is 70.9 Å². The third-order valence-corrected chi connectivity index (χ3v) is 12.1. The van der Waals surface area contributed by atoms with Gasteiger partial charge in [-0.3, -0.25) is 4.79 Å². The topological polar surface area (TPSA) is 157 Å². The Morgan fingerprint density at radius 3 is 2.43 bits per heavy atom. The van der Waals surface area contributed by atoms with Gasteiger partial charge in [0.2, 0.25) is 0 Å². The Kier molecular flexibility index (Phi) is 4.93. The van der Waals surface area contributed by atoms with Gasteiger partial charge in [-0.25, -0.2) is 4.79 Å². The summed E-state index contributed by atoms with van der Waals surface area (Å²) in [5.74, 6) is -1.79. The Bertz CT molecular complexity index is 1160. The third-order valence-electron chi connectivity index (χ3n) is 12.1. The van der Waals surface area contributed by atoms with Gasteiger partial charge in [0.15, 0.2) is 5.78 Å². The summed E-state index contributed by atoms with van der Waals surface area (Å²) >= 11 is 0. The number of ether oxygens (including phenoxy) is 2. The number of esters is 1. The van der Waals surface area contributed by atoms with Crippen molar-refractivity contribution >= 4 is 11.8 Å². The van der Waals surface area contributed by atoms with Crippen LogP contribution in [0.15, 0.2) is 23.3 Å². The number of rotatable bonds is 2. The van der Waals surface area contributed by atoms with Crippen molar-refractivity contribution in [2.24, 2.45) is 22.7 Å². The summed E-state index contributed by atoms with van der Waals surface area (Å²) in [6.45, 7) is 8.32. The lowest BCUT2D eigenvalue weighted by Gasteiger charge is -2.63. The molecular formula is C28H38O9. The monoisotopic (exact) mass is 518 g/mol. The standard InChI is InChI=1S/C28H38O9/c1-13-10-20(36-22(32)14(13)2)25(5,33)26(34)12-19(31)27(35)16-11-21-28(37-21)18(30)7-6-17(29)24(28,4)15(16)8-9-23(26,27)3/h6-7,15-16,18-21,30-31,33-35H,8-12H2,1-5H3/t15-,16+,18-,19-,20+,21+,23+,24-,25+,26-,27-,28+/m0/s1. The number of aliphatic hydroxyl groups excluding tert-OH is 2. The molecule has 0 amide bonds. The van der Waals surface area contributed by atoms with Crippen LogP contribution in [0.4, 0.5) is 0 Å². The Morgan fingerprint density at radius 2 is 1.78 bits per heavy atom. The average molecular weight is 519 g/mol. The molecule has 204 valence electrons. The van der Waals surface area contributed by atoms with Crippen molar-refractivity contribution in [3.05, 3.63) is 23.3 Å². The molecule has 4 fully saturated rings. The highest BCUT2D eigenvalue weighted by Gasteiger charge is 2.85. The Labute approximate surface area is 216 Å². The number of aliphatic hydroxyl groups is 5. The number of allylic oxidation sites excluding steroid dienone is 1. The maximum Gasteiger partial charge on any atom is 0.334 e. The summed E-state index contributed by atoms with van der Waals surface area (Å²) < 4.78 is 11.6. The lowest BCUT2D eigenvalue weighted by Crippen LogP contribution is -2.74. The van der Waals surface area contributed by atoms with Crippen molar-refractivity contribution in [1.29, 1.82) is 0 Å². The predicted molar refractivity (Wildman–Crippen MR) is 129 cm³/mol. The Balaban J connectivity index is 1.42. The van der Waals surface area contributed by atoms with E-state index in [4.69, 9.17) is 9.47 Å². The van der Waals surface area contributed by atoms with Crippen molar-refractivity contribution in [2.45, 2.75) is 114 Å². The second kappa shape index (κ2) is 7.11. The van der Waals surface area contributed by atoms with E-state index in [0.29, 0.717) is 18.4 Å². The summed E-state index contributed by atoms with van der Waals surface area (Å²) in [6, 6.07) is 0. The molecule has 1 spiro atoms. The maximum atomic E-state index is 13.4. The Morgan fingerprint density at radius 1 is 1.11 bits per heavy atom. The number of hydrogen-bond donors (Lipinski definition) is 5. The van der Waals surface area contributed by atoms with Crippen molar-refractivity contribution in [3.63, 3.8) is 0 Å². The minimum atomic E-state index is -2.01. The molecule has 37 heavy (non-hydrogen) atoms. The van der Waals surface area contributed by atoms with Crippen molar-refractivity contribution in [2.75, 3.05) is 0 Å². The summed E-state index contributed by atoms with van der Waals surface area (Å²) in [4.78, 5) is 25.8. The van der Waals surface area contributed by atoms with Gasteiger partial charge >= 0.3 is 5.97 Å². The largest absolute Gasteiger partial charge is 0.455 e. The molecule has 6 rings (SSSR count). The van der Waals surface area contributed by atoms with E-state index in [-0.39, 0.29) is 25.0 Å². The zero-order valence-corrected chi connectivity index (χ0v) is 22.0. The van der Waals surface area contributed by atoms with E-state index >= 15 is 0 Å². The third kappa shape index (κ3) is 2.53. The van der Waals surface area contributed by atoms with E-state index in [1.165, 1.54) is 19.1 Å². The highest BCUT2D eigenvalue weighted by atomic mass is 16.6. The van der Waals surface area contributed by atoms with Crippen LogP contribution in [0.5, 0.6) is 0 Å². The molecule has 4 aliphatic carbocycles. The lowest BCUT2D eigenvalue weighted by molar-refractivity contribution is -0.287. The summed E-state index contributed by atoms with van der Waals surface area (Å²) in [6.07, 6.45) is -0.235. The smallest absolute Gasteiger partial charge is 0.334 e. The zero-order chi connectivity index (χ0) is 27.1. The van der Waals surface area contributed by atoms with Crippen LogP contribution in [0.2, 0.25) is 0 Å². The van der Waals surface area contributed by atoms with Crippen LogP contribution in [0, 0.1) is 22.7 Å². The molecule has 0 aromatic carbocycles. The SMILES string of the molecule is CC1=C(C)C(=O)O[C@@H]([C@@](C)(O)[C@]2(O)C[C@H](O)[C@@]3(O)[C@@H]4C[C@H]5O[C@]56[C@@H](O)C=CC(=O)[C@]6(C)[C@H]4CC[C@@]32C)C1. The highest BCUT2D eigenvalue weighted by molar-refractivity contribution is 5.98. The average Bonchev–Trinajstić information content (AvgIpc) is 3.54. The number of ketones is 1. The van der Waals surface area contributed by atoms with E-state index < -0.39 is 75.5 Å². The van der Waals surface area contributed by atoms with Crippen LogP contribution >= 0.6 is 0 Å². The van der Waals surface area contributed by atoms with Crippen LogP contribution in [0.1, 0.15) is 66.7 Å². The molecule has 12 atom stereocenters. The van der Waals surface area contributed by atoms with Crippen LogP contribution in [0.3, 0.4) is 0 Å². The fraction of sp³-hybridized carbons (Fsp3) is 0.786. The molecule has 1 saturated heterocycles. The van der Waals surface area contributed by atoms with Gasteiger partial charge in [0, 0.05) is 23.8 Å². The van der Waals surface area contributed by atoms with Crippen LogP contribution in [-0.4, -0.2) is 84.1 Å². The number of carbonyl (C=O) groups excluding carboxylic acids is 2.